The number of ether oxygens (including phenoxy) is 1. The van der Waals surface area contributed by atoms with Crippen molar-refractivity contribution in [2.45, 2.75) is 52.0 Å². The van der Waals surface area contributed by atoms with Crippen molar-refractivity contribution in [2.24, 2.45) is 5.92 Å². The summed E-state index contributed by atoms with van der Waals surface area (Å²) in [6.45, 7) is 5.14. The summed E-state index contributed by atoms with van der Waals surface area (Å²) in [4.78, 5) is 0. The number of rotatable bonds is 5. The summed E-state index contributed by atoms with van der Waals surface area (Å²) in [5.74, 6) is 1.61. The summed E-state index contributed by atoms with van der Waals surface area (Å²) in [5, 5.41) is 4.29. The van der Waals surface area contributed by atoms with Crippen LogP contribution in [-0.4, -0.2) is 12.6 Å². The van der Waals surface area contributed by atoms with Gasteiger partial charge in [-0.25, -0.2) is 0 Å². The van der Waals surface area contributed by atoms with Crippen LogP contribution < -0.4 is 10.1 Å². The van der Waals surface area contributed by atoms with Crippen LogP contribution in [-0.2, 0) is 0 Å². The van der Waals surface area contributed by atoms with E-state index in [1.54, 1.807) is 0 Å². The Hall–Kier alpha value is -0.890. The molecule has 1 aliphatic rings. The zero-order valence-electron chi connectivity index (χ0n) is 11.9. The first-order valence-electron chi connectivity index (χ1n) is 7.38. The fourth-order valence-corrected chi connectivity index (χ4v) is 2.96. The Kier molecular flexibility index (Phi) is 5.38. The molecule has 0 heterocycles. The maximum Gasteiger partial charge on any atom is 0.138 e. The van der Waals surface area contributed by atoms with Gasteiger partial charge in [0.25, 0.3) is 0 Å². The molecule has 1 aliphatic carbocycles. The van der Waals surface area contributed by atoms with Crippen molar-refractivity contribution in [3.05, 3.63) is 23.2 Å². The Morgan fingerprint density at radius 2 is 2.21 bits per heavy atom. The topological polar surface area (TPSA) is 21.3 Å². The Morgan fingerprint density at radius 3 is 2.89 bits per heavy atom. The maximum atomic E-state index is 6.25. The van der Waals surface area contributed by atoms with Gasteiger partial charge in [-0.3, -0.25) is 0 Å². The molecule has 0 radical (unpaired) electrons. The smallest absolute Gasteiger partial charge is 0.138 e. The molecule has 106 valence electrons. The van der Waals surface area contributed by atoms with E-state index in [4.69, 9.17) is 16.3 Å². The average molecular weight is 282 g/mol. The number of benzene rings is 1. The molecule has 1 saturated carbocycles. The van der Waals surface area contributed by atoms with Crippen molar-refractivity contribution in [3.8, 4) is 5.75 Å². The molecule has 2 nitrogen and oxygen atoms in total. The van der Waals surface area contributed by atoms with Gasteiger partial charge in [0.15, 0.2) is 0 Å². The average Bonchev–Trinajstić information content (AvgIpc) is 2.38. The highest BCUT2D eigenvalue weighted by atomic mass is 35.5. The van der Waals surface area contributed by atoms with E-state index < -0.39 is 0 Å². The molecular formula is C16H24ClNO. The number of halogens is 1. The van der Waals surface area contributed by atoms with Crippen LogP contribution in [0.1, 0.15) is 46.0 Å². The number of hydrogen-bond donors (Lipinski definition) is 1. The molecule has 2 atom stereocenters. The molecule has 19 heavy (non-hydrogen) atoms. The molecule has 1 fully saturated rings. The Labute approximate surface area is 121 Å². The van der Waals surface area contributed by atoms with Gasteiger partial charge in [-0.05, 0) is 43.4 Å². The van der Waals surface area contributed by atoms with Crippen LogP contribution in [0.3, 0.4) is 0 Å². The summed E-state index contributed by atoms with van der Waals surface area (Å²) < 4.78 is 5.59. The highest BCUT2D eigenvalue weighted by Crippen LogP contribution is 2.30. The van der Waals surface area contributed by atoms with Crippen LogP contribution in [0.4, 0.5) is 5.69 Å². The molecule has 0 aliphatic heterocycles. The summed E-state index contributed by atoms with van der Waals surface area (Å²) in [5.41, 5.74) is 1.10. The highest BCUT2D eigenvalue weighted by molar-refractivity contribution is 6.32. The minimum Gasteiger partial charge on any atom is -0.492 e. The Balaban J connectivity index is 1.95. The van der Waals surface area contributed by atoms with Crippen LogP contribution in [0.25, 0.3) is 0 Å². The van der Waals surface area contributed by atoms with Gasteiger partial charge >= 0.3 is 0 Å². The molecule has 2 rings (SSSR count). The normalized spacial score (nSPS) is 23.1. The van der Waals surface area contributed by atoms with Gasteiger partial charge in [-0.15, -0.1) is 0 Å². The zero-order chi connectivity index (χ0) is 13.7. The van der Waals surface area contributed by atoms with Crippen molar-refractivity contribution in [1.29, 1.82) is 0 Å². The van der Waals surface area contributed by atoms with E-state index in [-0.39, 0.29) is 0 Å². The van der Waals surface area contributed by atoms with Crippen molar-refractivity contribution in [2.75, 3.05) is 11.9 Å². The van der Waals surface area contributed by atoms with Crippen molar-refractivity contribution >= 4 is 17.3 Å². The largest absolute Gasteiger partial charge is 0.492 e. The van der Waals surface area contributed by atoms with Crippen molar-refractivity contribution in [1.82, 2.24) is 0 Å². The SMILES string of the molecule is CCCOc1ccc(NC2CCCC(C)C2)cc1Cl. The number of anilines is 1. The monoisotopic (exact) mass is 281 g/mol. The van der Waals surface area contributed by atoms with Crippen LogP contribution in [0, 0.1) is 5.92 Å². The third kappa shape index (κ3) is 4.31. The lowest BCUT2D eigenvalue weighted by atomic mass is 9.87. The van der Waals surface area contributed by atoms with Crippen molar-refractivity contribution in [3.63, 3.8) is 0 Å². The van der Waals surface area contributed by atoms with E-state index in [1.165, 1.54) is 25.7 Å². The third-order valence-corrected chi connectivity index (χ3v) is 4.00. The Morgan fingerprint density at radius 1 is 1.37 bits per heavy atom. The van der Waals surface area contributed by atoms with Crippen LogP contribution in [0.2, 0.25) is 5.02 Å². The van der Waals surface area contributed by atoms with E-state index in [0.717, 1.165) is 23.8 Å². The fourth-order valence-electron chi connectivity index (χ4n) is 2.72. The lowest BCUT2D eigenvalue weighted by molar-refractivity contribution is 0.317. The molecule has 1 N–H and O–H groups in total. The first-order chi connectivity index (χ1) is 9.19. The van der Waals surface area contributed by atoms with Gasteiger partial charge in [-0.2, -0.15) is 0 Å². The molecule has 0 spiro atoms. The first kappa shape index (κ1) is 14.5. The van der Waals surface area contributed by atoms with Gasteiger partial charge < -0.3 is 10.1 Å². The molecule has 1 aromatic carbocycles. The van der Waals surface area contributed by atoms with Crippen LogP contribution in [0.15, 0.2) is 18.2 Å². The third-order valence-electron chi connectivity index (χ3n) is 3.70. The molecule has 2 unspecified atom stereocenters. The van der Waals surface area contributed by atoms with E-state index in [1.807, 2.05) is 12.1 Å². The molecule has 0 bridgehead atoms. The minimum atomic E-state index is 0.585. The molecule has 0 aromatic heterocycles. The number of nitrogens with one attached hydrogen (secondary N) is 1. The number of hydrogen-bond acceptors (Lipinski definition) is 2. The fraction of sp³-hybridized carbons (Fsp3) is 0.625. The van der Waals surface area contributed by atoms with Gasteiger partial charge in [0.2, 0.25) is 0 Å². The van der Waals surface area contributed by atoms with Gasteiger partial charge in [0.1, 0.15) is 5.75 Å². The van der Waals surface area contributed by atoms with Crippen LogP contribution >= 0.6 is 11.6 Å². The van der Waals surface area contributed by atoms with E-state index in [2.05, 4.69) is 25.2 Å². The van der Waals surface area contributed by atoms with E-state index in [0.29, 0.717) is 17.7 Å². The second kappa shape index (κ2) is 7.04. The second-order valence-electron chi connectivity index (χ2n) is 5.61. The van der Waals surface area contributed by atoms with Gasteiger partial charge in [-0.1, -0.05) is 38.3 Å². The molecular weight excluding hydrogens is 258 g/mol. The summed E-state index contributed by atoms with van der Waals surface area (Å²) in [6.07, 6.45) is 6.20. The maximum absolute atomic E-state index is 6.25. The quantitative estimate of drug-likeness (QED) is 0.809. The summed E-state index contributed by atoms with van der Waals surface area (Å²) >= 11 is 6.25. The lowest BCUT2D eigenvalue weighted by Crippen LogP contribution is -2.26. The predicted molar refractivity (Wildman–Crippen MR) is 82.3 cm³/mol. The second-order valence-corrected chi connectivity index (χ2v) is 6.01. The standard InChI is InChI=1S/C16H24ClNO/c1-3-9-19-16-8-7-14(11-15(16)17)18-13-6-4-5-12(2)10-13/h7-8,11-13,18H,3-6,9-10H2,1-2H3. The lowest BCUT2D eigenvalue weighted by Gasteiger charge is -2.28. The molecule has 0 amide bonds. The highest BCUT2D eigenvalue weighted by Gasteiger charge is 2.18. The molecule has 3 heteroatoms. The molecule has 1 aromatic rings. The summed E-state index contributed by atoms with van der Waals surface area (Å²) in [7, 11) is 0. The van der Waals surface area contributed by atoms with Gasteiger partial charge in [0, 0.05) is 11.7 Å². The minimum absolute atomic E-state index is 0.585. The molecule has 0 saturated heterocycles. The van der Waals surface area contributed by atoms with Crippen molar-refractivity contribution < 1.29 is 4.74 Å². The van der Waals surface area contributed by atoms with Gasteiger partial charge in [0.05, 0.1) is 11.6 Å². The van der Waals surface area contributed by atoms with E-state index in [9.17, 15) is 0 Å². The zero-order valence-corrected chi connectivity index (χ0v) is 12.7. The Bertz CT molecular complexity index is 408. The summed E-state index contributed by atoms with van der Waals surface area (Å²) in [6, 6.07) is 6.59. The first-order valence-corrected chi connectivity index (χ1v) is 7.75. The van der Waals surface area contributed by atoms with Crippen LogP contribution in [0.5, 0.6) is 5.75 Å². The predicted octanol–water partition coefficient (Wildman–Crippen LogP) is 5.12. The van der Waals surface area contributed by atoms with E-state index >= 15 is 0 Å².